The molecule has 3 N–H and O–H groups in total. The van der Waals surface area contributed by atoms with Crippen molar-refractivity contribution in [1.29, 1.82) is 0 Å². The molecule has 1 aromatic carbocycles. The number of hydrogen-bond acceptors (Lipinski definition) is 4. The number of amides is 3. The fraction of sp³-hybridized carbons (Fsp3) is 0.250. The van der Waals surface area contributed by atoms with Crippen LogP contribution >= 0.6 is 0 Å². The Morgan fingerprint density at radius 1 is 1.26 bits per heavy atom. The molecular formula is C20H22N4O3. The minimum atomic E-state index is -0.534. The summed E-state index contributed by atoms with van der Waals surface area (Å²) in [4.78, 5) is 28.7. The van der Waals surface area contributed by atoms with Crippen LogP contribution in [0.4, 0.5) is 4.79 Å². The number of hydrogen-bond donors (Lipinski definition) is 3. The molecule has 7 nitrogen and oxygen atoms in total. The zero-order valence-corrected chi connectivity index (χ0v) is 15.3. The number of urea groups is 1. The molecule has 1 aromatic heterocycles. The van der Waals surface area contributed by atoms with Crippen molar-refractivity contribution < 1.29 is 14.3 Å². The second-order valence-corrected chi connectivity index (χ2v) is 6.21. The Hall–Kier alpha value is -3.35. The van der Waals surface area contributed by atoms with Crippen molar-refractivity contribution in [1.82, 2.24) is 20.9 Å². The van der Waals surface area contributed by atoms with Gasteiger partial charge in [0.15, 0.2) is 0 Å². The van der Waals surface area contributed by atoms with Crippen molar-refractivity contribution in [2.24, 2.45) is 0 Å². The van der Waals surface area contributed by atoms with Crippen LogP contribution in [-0.4, -0.2) is 30.6 Å². The number of aromatic nitrogens is 1. The van der Waals surface area contributed by atoms with Crippen LogP contribution in [0.15, 0.2) is 60.1 Å². The second-order valence-electron chi connectivity index (χ2n) is 6.21. The summed E-state index contributed by atoms with van der Waals surface area (Å²) >= 11 is 0. The largest absolute Gasteiger partial charge is 0.497 e. The number of nitrogens with zero attached hydrogens (tertiary/aromatic N) is 1. The molecule has 0 aliphatic carbocycles. The summed E-state index contributed by atoms with van der Waals surface area (Å²) in [6.07, 6.45) is 3.99. The summed E-state index contributed by atoms with van der Waals surface area (Å²) in [7, 11) is 1.63. The summed E-state index contributed by atoms with van der Waals surface area (Å²) in [5, 5.41) is 8.39. The Bertz CT molecular complexity index is 847. The van der Waals surface area contributed by atoms with Gasteiger partial charge in [-0.15, -0.1) is 0 Å². The molecule has 2 aromatic rings. The van der Waals surface area contributed by atoms with Gasteiger partial charge in [-0.25, -0.2) is 4.79 Å². The van der Waals surface area contributed by atoms with Gasteiger partial charge in [0.2, 0.25) is 0 Å². The molecule has 0 bridgehead atoms. The first-order valence-corrected chi connectivity index (χ1v) is 8.68. The highest BCUT2D eigenvalue weighted by Crippen LogP contribution is 2.26. The first-order valence-electron chi connectivity index (χ1n) is 8.68. The first kappa shape index (κ1) is 18.4. The fourth-order valence-electron chi connectivity index (χ4n) is 3.00. The second kappa shape index (κ2) is 8.35. The molecular weight excluding hydrogens is 344 g/mol. The van der Waals surface area contributed by atoms with E-state index in [9.17, 15) is 9.59 Å². The number of methoxy groups -OCH3 is 1. The van der Waals surface area contributed by atoms with Gasteiger partial charge in [0.25, 0.3) is 5.91 Å². The Morgan fingerprint density at radius 2 is 2.04 bits per heavy atom. The van der Waals surface area contributed by atoms with Gasteiger partial charge in [-0.3, -0.25) is 9.78 Å². The highest BCUT2D eigenvalue weighted by Gasteiger charge is 2.30. The number of carbonyl (C=O) groups is 2. The Kier molecular flexibility index (Phi) is 5.71. The number of rotatable bonds is 6. The molecule has 1 unspecified atom stereocenters. The van der Waals surface area contributed by atoms with Gasteiger partial charge in [-0.2, -0.15) is 0 Å². The molecule has 2 heterocycles. The van der Waals surface area contributed by atoms with Crippen LogP contribution in [0.1, 0.15) is 24.1 Å². The highest BCUT2D eigenvalue weighted by atomic mass is 16.5. The maximum absolute atomic E-state index is 12.8. The fourth-order valence-corrected chi connectivity index (χ4v) is 3.00. The third-order valence-corrected chi connectivity index (χ3v) is 4.39. The summed E-state index contributed by atoms with van der Waals surface area (Å²) in [5.41, 5.74) is 2.87. The average Bonchev–Trinajstić information content (AvgIpc) is 2.68. The van der Waals surface area contributed by atoms with Crippen LogP contribution in [0, 0.1) is 0 Å². The zero-order chi connectivity index (χ0) is 19.2. The molecule has 0 spiro atoms. The van der Waals surface area contributed by atoms with Gasteiger partial charge in [-0.1, -0.05) is 18.2 Å². The molecule has 27 heavy (non-hydrogen) atoms. The van der Waals surface area contributed by atoms with Crippen LogP contribution in [0.3, 0.4) is 0 Å². The number of allylic oxidation sites excluding steroid dienone is 1. The third-order valence-electron chi connectivity index (χ3n) is 4.39. The van der Waals surface area contributed by atoms with E-state index in [1.165, 1.54) is 0 Å². The van der Waals surface area contributed by atoms with E-state index in [2.05, 4.69) is 20.9 Å². The maximum Gasteiger partial charge on any atom is 0.319 e. The van der Waals surface area contributed by atoms with Crippen molar-refractivity contribution in [3.05, 3.63) is 71.2 Å². The lowest BCUT2D eigenvalue weighted by Gasteiger charge is -2.28. The molecule has 3 rings (SSSR count). The highest BCUT2D eigenvalue weighted by molar-refractivity contribution is 5.98. The monoisotopic (exact) mass is 366 g/mol. The minimum Gasteiger partial charge on any atom is -0.497 e. The van der Waals surface area contributed by atoms with Crippen molar-refractivity contribution in [3.63, 3.8) is 0 Å². The summed E-state index contributed by atoms with van der Waals surface area (Å²) < 4.78 is 5.14. The van der Waals surface area contributed by atoms with E-state index < -0.39 is 6.04 Å². The number of ether oxygens (including phenoxy) is 1. The van der Waals surface area contributed by atoms with E-state index in [1.54, 1.807) is 32.5 Å². The number of pyridine rings is 1. The summed E-state index contributed by atoms with van der Waals surface area (Å²) in [6.45, 7) is 2.20. The van der Waals surface area contributed by atoms with Crippen LogP contribution in [0.25, 0.3) is 0 Å². The van der Waals surface area contributed by atoms with Gasteiger partial charge >= 0.3 is 6.03 Å². The van der Waals surface area contributed by atoms with Crippen LogP contribution in [-0.2, 0) is 11.2 Å². The van der Waals surface area contributed by atoms with Crippen LogP contribution < -0.4 is 20.7 Å². The molecule has 0 radical (unpaired) electrons. The van der Waals surface area contributed by atoms with E-state index in [4.69, 9.17) is 4.74 Å². The van der Waals surface area contributed by atoms with Gasteiger partial charge in [0.05, 0.1) is 18.7 Å². The summed E-state index contributed by atoms with van der Waals surface area (Å²) in [5.74, 6) is 0.578. The lowest BCUT2D eigenvalue weighted by Crippen LogP contribution is -2.47. The maximum atomic E-state index is 12.8. The average molecular weight is 366 g/mol. The number of carbonyl (C=O) groups excluding carboxylic acids is 2. The minimum absolute atomic E-state index is 0.220. The summed E-state index contributed by atoms with van der Waals surface area (Å²) in [6, 6.07) is 10.5. The van der Waals surface area contributed by atoms with Crippen molar-refractivity contribution in [2.45, 2.75) is 19.4 Å². The van der Waals surface area contributed by atoms with Crippen LogP contribution in [0.2, 0.25) is 0 Å². The van der Waals surface area contributed by atoms with E-state index >= 15 is 0 Å². The molecule has 140 valence electrons. The molecule has 1 aliphatic rings. The van der Waals surface area contributed by atoms with Crippen molar-refractivity contribution in [2.75, 3.05) is 13.7 Å². The predicted molar refractivity (Wildman–Crippen MR) is 101 cm³/mol. The SMILES string of the molecule is COc1ccc(CCNC(=O)C2=C(C)NC(=O)NC2c2cccnc2)cc1. The van der Waals surface area contributed by atoms with Crippen molar-refractivity contribution in [3.8, 4) is 5.75 Å². The van der Waals surface area contributed by atoms with Gasteiger partial charge in [-0.05, 0) is 42.7 Å². The zero-order valence-electron chi connectivity index (χ0n) is 15.3. The number of benzene rings is 1. The Labute approximate surface area is 157 Å². The molecule has 0 fully saturated rings. The van der Waals surface area contributed by atoms with E-state index in [0.717, 1.165) is 16.9 Å². The smallest absolute Gasteiger partial charge is 0.319 e. The molecule has 7 heteroatoms. The normalized spacial score (nSPS) is 16.4. The van der Waals surface area contributed by atoms with Gasteiger partial charge in [0, 0.05) is 24.6 Å². The van der Waals surface area contributed by atoms with Crippen molar-refractivity contribution >= 4 is 11.9 Å². The van der Waals surface area contributed by atoms with E-state index in [1.807, 2.05) is 30.3 Å². The standard InChI is InChI=1S/C20H22N4O3/c1-13-17(18(24-20(26)23-13)15-4-3-10-21-12-15)19(25)22-11-9-14-5-7-16(27-2)8-6-14/h3-8,10,12,18H,9,11H2,1-2H3,(H,22,25)(H2,23,24,26). The Morgan fingerprint density at radius 3 is 2.70 bits per heavy atom. The van der Waals surface area contributed by atoms with Gasteiger partial charge in [0.1, 0.15) is 5.75 Å². The molecule has 0 saturated heterocycles. The Balaban J connectivity index is 1.69. The molecule has 1 aliphatic heterocycles. The van der Waals surface area contributed by atoms with E-state index in [0.29, 0.717) is 24.2 Å². The lowest BCUT2D eigenvalue weighted by atomic mass is 9.96. The first-order chi connectivity index (χ1) is 13.1. The van der Waals surface area contributed by atoms with Crippen LogP contribution in [0.5, 0.6) is 5.75 Å². The molecule has 3 amide bonds. The topological polar surface area (TPSA) is 92.4 Å². The molecule has 1 atom stereocenters. The molecule has 0 saturated carbocycles. The predicted octanol–water partition coefficient (Wildman–Crippen LogP) is 2.08. The van der Waals surface area contributed by atoms with Gasteiger partial charge < -0.3 is 20.7 Å². The quantitative estimate of drug-likeness (QED) is 0.730. The number of nitrogens with one attached hydrogen (secondary N) is 3. The van der Waals surface area contributed by atoms with E-state index in [-0.39, 0.29) is 11.9 Å². The third kappa shape index (κ3) is 4.44. The lowest BCUT2D eigenvalue weighted by molar-refractivity contribution is -0.117.